The lowest BCUT2D eigenvalue weighted by Gasteiger charge is -2.23. The van der Waals surface area contributed by atoms with Crippen molar-refractivity contribution < 1.29 is 19.4 Å². The quantitative estimate of drug-likeness (QED) is 0.914. The predicted molar refractivity (Wildman–Crippen MR) is 87.1 cm³/mol. The summed E-state index contributed by atoms with van der Waals surface area (Å²) in [6, 6.07) is 12.3. The van der Waals surface area contributed by atoms with Crippen LogP contribution in [-0.2, 0) is 4.79 Å². The van der Waals surface area contributed by atoms with Gasteiger partial charge in [-0.15, -0.1) is 0 Å². The number of amides is 1. The molecule has 1 aromatic heterocycles. The summed E-state index contributed by atoms with van der Waals surface area (Å²) in [6.45, 7) is 0.582. The van der Waals surface area contributed by atoms with E-state index in [-0.39, 0.29) is 18.4 Å². The molecule has 2 heterocycles. The highest BCUT2D eigenvalue weighted by molar-refractivity contribution is 5.94. The Kier molecular flexibility index (Phi) is 4.74. The second kappa shape index (κ2) is 7.12. The first-order chi connectivity index (χ1) is 11.6. The summed E-state index contributed by atoms with van der Waals surface area (Å²) in [4.78, 5) is 29.3. The molecule has 1 fully saturated rings. The third-order valence-corrected chi connectivity index (χ3v) is 4.00. The fourth-order valence-electron chi connectivity index (χ4n) is 2.86. The van der Waals surface area contributed by atoms with E-state index >= 15 is 0 Å². The van der Waals surface area contributed by atoms with Gasteiger partial charge in [-0.25, -0.2) is 4.98 Å². The zero-order chi connectivity index (χ0) is 16.9. The molecule has 1 aliphatic rings. The van der Waals surface area contributed by atoms with Gasteiger partial charge in [0.05, 0.1) is 12.0 Å². The molecule has 0 radical (unpaired) electrons. The fraction of sp³-hybridized carbons (Fsp3) is 0.278. The number of hydrogen-bond acceptors (Lipinski definition) is 4. The van der Waals surface area contributed by atoms with Gasteiger partial charge < -0.3 is 14.7 Å². The second-order valence-electron chi connectivity index (χ2n) is 5.69. The van der Waals surface area contributed by atoms with Gasteiger partial charge in [0, 0.05) is 24.8 Å². The minimum absolute atomic E-state index is 0.0195. The number of pyridine rings is 1. The Hall–Kier alpha value is -2.89. The molecule has 0 aliphatic carbocycles. The minimum atomic E-state index is -0.885. The molecule has 24 heavy (non-hydrogen) atoms. The van der Waals surface area contributed by atoms with Crippen molar-refractivity contribution in [2.24, 2.45) is 0 Å². The molecule has 6 heteroatoms. The lowest BCUT2D eigenvalue weighted by molar-refractivity contribution is -0.137. The number of aromatic nitrogens is 1. The van der Waals surface area contributed by atoms with E-state index in [0.717, 1.165) is 12.8 Å². The third-order valence-electron chi connectivity index (χ3n) is 4.00. The summed E-state index contributed by atoms with van der Waals surface area (Å²) >= 11 is 0. The number of rotatable bonds is 5. The molecule has 2 aromatic rings. The molecule has 1 aromatic carbocycles. The molecule has 1 unspecified atom stereocenters. The van der Waals surface area contributed by atoms with Gasteiger partial charge in [0.1, 0.15) is 5.75 Å². The van der Waals surface area contributed by atoms with Crippen LogP contribution in [0, 0.1) is 0 Å². The van der Waals surface area contributed by atoms with Crippen molar-refractivity contribution in [3.05, 3.63) is 54.2 Å². The fourth-order valence-corrected chi connectivity index (χ4v) is 2.86. The molecule has 3 rings (SSSR count). The molecule has 1 atom stereocenters. The molecule has 6 nitrogen and oxygen atoms in total. The molecule has 0 saturated carbocycles. The van der Waals surface area contributed by atoms with Gasteiger partial charge in [-0.1, -0.05) is 18.2 Å². The molecule has 1 N–H and O–H groups in total. The summed E-state index contributed by atoms with van der Waals surface area (Å²) in [5, 5.41) is 8.95. The number of hydrogen-bond donors (Lipinski definition) is 1. The zero-order valence-electron chi connectivity index (χ0n) is 13.1. The van der Waals surface area contributed by atoms with Crippen molar-refractivity contribution in [2.45, 2.75) is 25.3 Å². The highest BCUT2D eigenvalue weighted by Crippen LogP contribution is 2.24. The smallest absolute Gasteiger partial charge is 0.305 e. The summed E-state index contributed by atoms with van der Waals surface area (Å²) in [6.07, 6.45) is 3.00. The normalized spacial score (nSPS) is 16.8. The standard InChI is InChI=1S/C18H18N2O4/c21-17(22)11-14-5-4-10-20(14)18(23)13-8-9-16(19-12-13)24-15-6-2-1-3-7-15/h1-3,6-9,12,14H,4-5,10-11H2,(H,21,22). The molecular formula is C18H18N2O4. The van der Waals surface area contributed by atoms with Crippen molar-refractivity contribution in [3.8, 4) is 11.6 Å². The van der Waals surface area contributed by atoms with E-state index in [1.165, 1.54) is 6.20 Å². The van der Waals surface area contributed by atoms with Crippen LogP contribution in [0.25, 0.3) is 0 Å². The molecular weight excluding hydrogens is 308 g/mol. The second-order valence-corrected chi connectivity index (χ2v) is 5.69. The highest BCUT2D eigenvalue weighted by atomic mass is 16.5. The molecule has 1 amide bonds. The number of benzene rings is 1. The first kappa shape index (κ1) is 16.0. The van der Waals surface area contributed by atoms with Gasteiger partial charge in [0.2, 0.25) is 5.88 Å². The van der Waals surface area contributed by atoms with Crippen LogP contribution in [0.2, 0.25) is 0 Å². The van der Waals surface area contributed by atoms with Crippen molar-refractivity contribution in [2.75, 3.05) is 6.54 Å². The van der Waals surface area contributed by atoms with Crippen LogP contribution in [0.5, 0.6) is 11.6 Å². The number of carbonyl (C=O) groups is 2. The van der Waals surface area contributed by atoms with Crippen molar-refractivity contribution in [3.63, 3.8) is 0 Å². The lowest BCUT2D eigenvalue weighted by atomic mass is 10.1. The largest absolute Gasteiger partial charge is 0.481 e. The maximum Gasteiger partial charge on any atom is 0.305 e. The van der Waals surface area contributed by atoms with Crippen LogP contribution >= 0.6 is 0 Å². The van der Waals surface area contributed by atoms with Crippen LogP contribution in [-0.4, -0.2) is 39.5 Å². The Bertz CT molecular complexity index is 716. The van der Waals surface area contributed by atoms with Crippen LogP contribution in [0.15, 0.2) is 48.7 Å². The van der Waals surface area contributed by atoms with E-state index in [4.69, 9.17) is 9.84 Å². The maximum atomic E-state index is 12.6. The average Bonchev–Trinajstić information content (AvgIpc) is 3.03. The van der Waals surface area contributed by atoms with Crippen LogP contribution in [0.3, 0.4) is 0 Å². The van der Waals surface area contributed by atoms with E-state index < -0.39 is 5.97 Å². The van der Waals surface area contributed by atoms with Crippen molar-refractivity contribution in [1.82, 2.24) is 9.88 Å². The Morgan fingerprint density at radius 2 is 2.00 bits per heavy atom. The van der Waals surface area contributed by atoms with Crippen LogP contribution < -0.4 is 4.74 Å². The van der Waals surface area contributed by atoms with E-state index in [0.29, 0.717) is 23.7 Å². The number of nitrogens with zero attached hydrogens (tertiary/aromatic N) is 2. The Morgan fingerprint density at radius 1 is 1.21 bits per heavy atom. The average molecular weight is 326 g/mol. The summed E-state index contributed by atoms with van der Waals surface area (Å²) < 4.78 is 5.60. The van der Waals surface area contributed by atoms with E-state index in [1.807, 2.05) is 30.3 Å². The molecule has 0 bridgehead atoms. The van der Waals surface area contributed by atoms with Crippen molar-refractivity contribution >= 4 is 11.9 Å². The number of carboxylic acid groups (broad SMARTS) is 1. The zero-order valence-corrected chi connectivity index (χ0v) is 13.1. The number of likely N-dealkylation sites (tertiary alicyclic amines) is 1. The summed E-state index contributed by atoms with van der Waals surface area (Å²) in [5.41, 5.74) is 0.438. The minimum Gasteiger partial charge on any atom is -0.481 e. The van der Waals surface area contributed by atoms with Gasteiger partial charge in [-0.3, -0.25) is 9.59 Å². The van der Waals surface area contributed by atoms with E-state index in [2.05, 4.69) is 4.98 Å². The molecule has 1 aliphatic heterocycles. The monoisotopic (exact) mass is 326 g/mol. The lowest BCUT2D eigenvalue weighted by Crippen LogP contribution is -2.36. The highest BCUT2D eigenvalue weighted by Gasteiger charge is 2.31. The summed E-state index contributed by atoms with van der Waals surface area (Å²) in [7, 11) is 0. The first-order valence-corrected chi connectivity index (χ1v) is 7.85. The molecule has 1 saturated heterocycles. The topological polar surface area (TPSA) is 79.7 Å². The van der Waals surface area contributed by atoms with Gasteiger partial charge in [-0.2, -0.15) is 0 Å². The number of ether oxygens (including phenoxy) is 1. The SMILES string of the molecule is O=C(O)CC1CCCN1C(=O)c1ccc(Oc2ccccc2)nc1. The third kappa shape index (κ3) is 3.71. The van der Waals surface area contributed by atoms with Gasteiger partial charge >= 0.3 is 5.97 Å². The van der Waals surface area contributed by atoms with Gasteiger partial charge in [-0.05, 0) is 31.0 Å². The van der Waals surface area contributed by atoms with Crippen molar-refractivity contribution in [1.29, 1.82) is 0 Å². The molecule has 124 valence electrons. The van der Waals surface area contributed by atoms with Crippen LogP contribution in [0.1, 0.15) is 29.6 Å². The number of carboxylic acids is 1. The first-order valence-electron chi connectivity index (χ1n) is 7.85. The van der Waals surface area contributed by atoms with Gasteiger partial charge in [0.15, 0.2) is 0 Å². The van der Waals surface area contributed by atoms with Crippen LogP contribution in [0.4, 0.5) is 0 Å². The van der Waals surface area contributed by atoms with Gasteiger partial charge in [0.25, 0.3) is 5.91 Å². The number of carbonyl (C=O) groups excluding carboxylic acids is 1. The van der Waals surface area contributed by atoms with E-state index in [9.17, 15) is 9.59 Å². The number of para-hydroxylation sites is 1. The molecule has 0 spiro atoms. The predicted octanol–water partition coefficient (Wildman–Crippen LogP) is 2.95. The Balaban J connectivity index is 1.68. The van der Waals surface area contributed by atoms with E-state index in [1.54, 1.807) is 17.0 Å². The Morgan fingerprint density at radius 3 is 2.67 bits per heavy atom. The maximum absolute atomic E-state index is 12.6. The Labute approximate surface area is 139 Å². The number of aliphatic carboxylic acids is 1. The summed E-state index contributed by atoms with van der Waals surface area (Å²) in [5.74, 6) is 0.00773.